The Kier molecular flexibility index (Phi) is 7.23. The molecule has 0 aromatic heterocycles. The molecule has 0 bridgehead atoms. The number of ether oxygens (including phenoxy) is 1. The van der Waals surface area contributed by atoms with Crippen LogP contribution in [-0.4, -0.2) is 22.9 Å². The van der Waals surface area contributed by atoms with Crippen molar-refractivity contribution >= 4 is 11.5 Å². The first-order chi connectivity index (χ1) is 12.8. The topological polar surface area (TPSA) is 29.5 Å². The van der Waals surface area contributed by atoms with Gasteiger partial charge in [-0.3, -0.25) is 4.79 Å². The van der Waals surface area contributed by atoms with Crippen LogP contribution in [0.3, 0.4) is 0 Å². The molecule has 2 aromatic carbocycles. The molecule has 0 fully saturated rings. The van der Waals surface area contributed by atoms with Gasteiger partial charge in [0.25, 0.3) is 0 Å². The van der Waals surface area contributed by atoms with Crippen molar-refractivity contribution in [1.29, 1.82) is 0 Å². The van der Waals surface area contributed by atoms with Gasteiger partial charge in [-0.25, -0.2) is 0 Å². The molecule has 1 unspecified atom stereocenters. The van der Waals surface area contributed by atoms with Crippen molar-refractivity contribution in [2.24, 2.45) is 0 Å². The summed E-state index contributed by atoms with van der Waals surface area (Å²) in [5, 5.41) is 0. The molecule has 3 heteroatoms. The van der Waals surface area contributed by atoms with Crippen LogP contribution in [0.15, 0.2) is 60.7 Å². The first kappa shape index (κ1) is 20.8. The standard InChI is InChI=1S/C24H31NO2/c1-17(2)25(18(3)4)24(26)16-19(5)21-12-14-23(15-13-21)27-20(6)22-10-8-7-9-11-22/h7-18,20H,1-6H3/b19-16+. The lowest BCUT2D eigenvalue weighted by atomic mass is 10.1. The molecule has 144 valence electrons. The first-order valence-electron chi connectivity index (χ1n) is 9.62. The maximum absolute atomic E-state index is 12.6. The highest BCUT2D eigenvalue weighted by Crippen LogP contribution is 2.24. The van der Waals surface area contributed by atoms with E-state index in [1.807, 2.05) is 88.9 Å². The number of amides is 1. The summed E-state index contributed by atoms with van der Waals surface area (Å²) in [5.74, 6) is 0.871. The van der Waals surface area contributed by atoms with Crippen LogP contribution in [0.2, 0.25) is 0 Å². The third-order valence-electron chi connectivity index (χ3n) is 4.60. The van der Waals surface area contributed by atoms with Crippen LogP contribution in [0, 0.1) is 0 Å². The molecule has 0 aliphatic rings. The predicted molar refractivity (Wildman–Crippen MR) is 113 cm³/mol. The minimum absolute atomic E-state index is 0.0130. The van der Waals surface area contributed by atoms with Gasteiger partial charge in [-0.2, -0.15) is 0 Å². The van der Waals surface area contributed by atoms with Crippen LogP contribution in [-0.2, 0) is 4.79 Å². The van der Waals surface area contributed by atoms with Crippen molar-refractivity contribution in [2.75, 3.05) is 0 Å². The fourth-order valence-electron chi connectivity index (χ4n) is 3.24. The van der Waals surface area contributed by atoms with Gasteiger partial charge in [0.05, 0.1) is 0 Å². The van der Waals surface area contributed by atoms with Crippen LogP contribution >= 0.6 is 0 Å². The van der Waals surface area contributed by atoms with Gasteiger partial charge in [0.2, 0.25) is 5.91 Å². The van der Waals surface area contributed by atoms with Gasteiger partial charge >= 0.3 is 0 Å². The van der Waals surface area contributed by atoms with Crippen molar-refractivity contribution in [3.05, 3.63) is 71.8 Å². The first-order valence-corrected chi connectivity index (χ1v) is 9.62. The van der Waals surface area contributed by atoms with Crippen molar-refractivity contribution in [2.45, 2.75) is 59.7 Å². The van der Waals surface area contributed by atoms with E-state index in [1.54, 1.807) is 6.08 Å². The highest BCUT2D eigenvalue weighted by molar-refractivity contribution is 5.95. The number of nitrogens with zero attached hydrogens (tertiary/aromatic N) is 1. The van der Waals surface area contributed by atoms with Gasteiger partial charge in [0.15, 0.2) is 0 Å². The molecule has 2 aromatic rings. The van der Waals surface area contributed by atoms with E-state index in [0.717, 1.165) is 22.4 Å². The molecule has 27 heavy (non-hydrogen) atoms. The molecular formula is C24H31NO2. The van der Waals surface area contributed by atoms with Crippen molar-refractivity contribution in [3.8, 4) is 5.75 Å². The van der Waals surface area contributed by atoms with Gasteiger partial charge in [-0.05, 0) is 70.4 Å². The lowest BCUT2D eigenvalue weighted by Crippen LogP contribution is -2.41. The summed E-state index contributed by atoms with van der Waals surface area (Å²) < 4.78 is 6.02. The maximum atomic E-state index is 12.6. The molecule has 1 amide bonds. The second-order valence-corrected chi connectivity index (χ2v) is 7.46. The Morgan fingerprint density at radius 2 is 1.44 bits per heavy atom. The third kappa shape index (κ3) is 5.72. The normalized spacial score (nSPS) is 13.0. The average molecular weight is 366 g/mol. The van der Waals surface area contributed by atoms with Gasteiger partial charge in [0.1, 0.15) is 11.9 Å². The molecule has 3 nitrogen and oxygen atoms in total. The third-order valence-corrected chi connectivity index (χ3v) is 4.60. The maximum Gasteiger partial charge on any atom is 0.247 e. The van der Waals surface area contributed by atoms with E-state index in [0.29, 0.717) is 0 Å². The highest BCUT2D eigenvalue weighted by Gasteiger charge is 2.18. The smallest absolute Gasteiger partial charge is 0.247 e. The Hall–Kier alpha value is -2.55. The molecule has 0 saturated heterocycles. The molecule has 0 spiro atoms. The Morgan fingerprint density at radius 3 is 1.96 bits per heavy atom. The summed E-state index contributed by atoms with van der Waals surface area (Å²) >= 11 is 0. The second kappa shape index (κ2) is 9.40. The fraction of sp³-hybridized carbons (Fsp3) is 0.375. The van der Waals surface area contributed by atoms with Crippen LogP contribution in [0.4, 0.5) is 0 Å². The predicted octanol–water partition coefficient (Wildman–Crippen LogP) is 5.88. The molecular weight excluding hydrogens is 334 g/mol. The van der Waals surface area contributed by atoms with E-state index in [1.165, 1.54) is 0 Å². The fourth-order valence-corrected chi connectivity index (χ4v) is 3.24. The van der Waals surface area contributed by atoms with E-state index in [2.05, 4.69) is 12.1 Å². The molecule has 0 N–H and O–H groups in total. The molecule has 0 radical (unpaired) electrons. The van der Waals surface area contributed by atoms with Crippen LogP contribution in [0.25, 0.3) is 5.57 Å². The van der Waals surface area contributed by atoms with Crippen LogP contribution in [0.1, 0.15) is 58.8 Å². The van der Waals surface area contributed by atoms with Crippen molar-refractivity contribution in [1.82, 2.24) is 4.90 Å². The van der Waals surface area contributed by atoms with Gasteiger partial charge in [0, 0.05) is 18.2 Å². The number of carbonyl (C=O) groups excluding carboxylic acids is 1. The van der Waals surface area contributed by atoms with Crippen molar-refractivity contribution in [3.63, 3.8) is 0 Å². The number of hydrogen-bond acceptors (Lipinski definition) is 2. The summed E-state index contributed by atoms with van der Waals surface area (Å²) in [6.45, 7) is 12.2. The Bertz CT molecular complexity index is 753. The quantitative estimate of drug-likeness (QED) is 0.574. The number of carbonyl (C=O) groups is 1. The van der Waals surface area contributed by atoms with E-state index in [-0.39, 0.29) is 24.1 Å². The molecule has 0 saturated carbocycles. The highest BCUT2D eigenvalue weighted by atomic mass is 16.5. The molecule has 0 heterocycles. The summed E-state index contributed by atoms with van der Waals surface area (Å²) in [7, 11) is 0. The van der Waals surface area contributed by atoms with Gasteiger partial charge in [-0.15, -0.1) is 0 Å². The average Bonchev–Trinajstić information content (AvgIpc) is 2.62. The van der Waals surface area contributed by atoms with E-state index in [4.69, 9.17) is 4.74 Å². The Labute approximate surface area is 163 Å². The zero-order valence-corrected chi connectivity index (χ0v) is 17.3. The Balaban J connectivity index is 2.08. The van der Waals surface area contributed by atoms with Crippen LogP contribution in [0.5, 0.6) is 5.75 Å². The molecule has 0 aliphatic carbocycles. The number of allylic oxidation sites excluding steroid dienone is 1. The minimum Gasteiger partial charge on any atom is -0.486 e. The number of hydrogen-bond donors (Lipinski definition) is 0. The molecule has 0 aliphatic heterocycles. The zero-order chi connectivity index (χ0) is 20.0. The zero-order valence-electron chi connectivity index (χ0n) is 17.3. The second-order valence-electron chi connectivity index (χ2n) is 7.46. The molecule has 1 atom stereocenters. The van der Waals surface area contributed by atoms with E-state index < -0.39 is 0 Å². The summed E-state index contributed by atoms with van der Waals surface area (Å²) in [6, 6.07) is 18.4. The summed E-state index contributed by atoms with van der Waals surface area (Å²) in [5.41, 5.74) is 3.12. The number of rotatable bonds is 7. The van der Waals surface area contributed by atoms with Crippen molar-refractivity contribution < 1.29 is 9.53 Å². The summed E-state index contributed by atoms with van der Waals surface area (Å²) in [6.07, 6.45) is 1.71. The largest absolute Gasteiger partial charge is 0.486 e. The number of benzene rings is 2. The monoisotopic (exact) mass is 365 g/mol. The SMILES string of the molecule is C/C(=C\C(=O)N(C(C)C)C(C)C)c1ccc(OC(C)c2ccccc2)cc1. The Morgan fingerprint density at radius 1 is 0.889 bits per heavy atom. The van der Waals surface area contributed by atoms with Gasteiger partial charge < -0.3 is 9.64 Å². The van der Waals surface area contributed by atoms with Gasteiger partial charge in [-0.1, -0.05) is 42.5 Å². The summed E-state index contributed by atoms with van der Waals surface area (Å²) in [4.78, 5) is 14.5. The van der Waals surface area contributed by atoms with Crippen LogP contribution < -0.4 is 4.74 Å². The molecule has 2 rings (SSSR count). The van der Waals surface area contributed by atoms with E-state index in [9.17, 15) is 4.79 Å². The minimum atomic E-state index is -0.0130. The lowest BCUT2D eigenvalue weighted by Gasteiger charge is -2.29. The van der Waals surface area contributed by atoms with E-state index >= 15 is 0 Å². The lowest BCUT2D eigenvalue weighted by molar-refractivity contribution is -0.129.